The lowest BCUT2D eigenvalue weighted by Crippen LogP contribution is -2.26. The van der Waals surface area contributed by atoms with Crippen molar-refractivity contribution in [3.63, 3.8) is 0 Å². The topological polar surface area (TPSA) is 124 Å². The monoisotopic (exact) mass is 250 g/mol. The number of hydrogen-bond acceptors (Lipinski definition) is 6. The highest BCUT2D eigenvalue weighted by Gasteiger charge is 2.34. The van der Waals surface area contributed by atoms with Gasteiger partial charge in [0.1, 0.15) is 0 Å². The van der Waals surface area contributed by atoms with E-state index in [4.69, 9.17) is 5.53 Å². The molecule has 0 aliphatic heterocycles. The predicted octanol–water partition coefficient (Wildman–Crippen LogP) is 0.631. The summed E-state index contributed by atoms with van der Waals surface area (Å²) < 4.78 is 4.28. The first-order valence-electron chi connectivity index (χ1n) is 4.63. The van der Waals surface area contributed by atoms with Gasteiger partial charge in [0.25, 0.3) is 11.5 Å². The molecule has 18 heavy (non-hydrogen) atoms. The molecule has 0 atom stereocenters. The molecule has 0 aliphatic rings. The molecule has 1 N–H and O–H groups in total. The first-order chi connectivity index (χ1) is 8.51. The molecular weight excluding hydrogens is 242 g/mol. The molecule has 92 valence electrons. The van der Waals surface area contributed by atoms with Crippen LogP contribution in [-0.2, 0) is 9.53 Å². The van der Waals surface area contributed by atoms with Crippen molar-refractivity contribution >= 4 is 23.2 Å². The van der Waals surface area contributed by atoms with E-state index in [0.717, 1.165) is 13.2 Å². The van der Waals surface area contributed by atoms with E-state index >= 15 is 0 Å². The number of carbonyl (C=O) groups is 2. The second-order valence-corrected chi connectivity index (χ2v) is 3.09. The van der Waals surface area contributed by atoms with Crippen LogP contribution in [0.3, 0.4) is 0 Å². The molecule has 0 fully saturated rings. The lowest BCUT2D eigenvalue weighted by atomic mass is 10.1. The fourth-order valence-electron chi connectivity index (χ4n) is 1.18. The van der Waals surface area contributed by atoms with Crippen LogP contribution in [-0.4, -0.2) is 34.3 Å². The summed E-state index contributed by atoms with van der Waals surface area (Å²) in [6, 6.07) is 4.77. The van der Waals surface area contributed by atoms with Crippen molar-refractivity contribution in [2.45, 2.75) is 0 Å². The van der Waals surface area contributed by atoms with Crippen molar-refractivity contribution in [2.24, 2.45) is 0 Å². The zero-order valence-corrected chi connectivity index (χ0v) is 9.25. The lowest BCUT2D eigenvalue weighted by molar-refractivity contribution is -0.384. The number of nitrogens with one attached hydrogen (secondary N) is 1. The number of non-ortho nitro benzene ring substituents is 1. The maximum absolute atomic E-state index is 11.8. The Bertz CT molecular complexity index is 575. The second kappa shape index (κ2) is 5.46. The van der Waals surface area contributed by atoms with Crippen LogP contribution < -0.4 is 0 Å². The molecule has 1 rings (SSSR count). The molecule has 0 aliphatic carbocycles. The Morgan fingerprint density at radius 3 is 2.61 bits per heavy atom. The fourth-order valence-corrected chi connectivity index (χ4v) is 1.18. The van der Waals surface area contributed by atoms with Crippen molar-refractivity contribution in [1.29, 1.82) is 5.53 Å². The van der Waals surface area contributed by atoms with Crippen molar-refractivity contribution < 1.29 is 24.0 Å². The van der Waals surface area contributed by atoms with E-state index in [-0.39, 0.29) is 11.3 Å². The minimum absolute atomic E-state index is 0.111. The Morgan fingerprint density at radius 1 is 1.44 bits per heavy atom. The first kappa shape index (κ1) is 13.2. The van der Waals surface area contributed by atoms with Crippen molar-refractivity contribution in [2.75, 3.05) is 7.11 Å². The van der Waals surface area contributed by atoms with E-state index in [0.29, 0.717) is 0 Å². The SMILES string of the molecule is COC(=O)C(=[N+]=N)C(=O)c1cccc([N+](=O)[O-])c1. The summed E-state index contributed by atoms with van der Waals surface area (Å²) in [6.45, 7) is 0. The number of nitro groups is 1. The Kier molecular flexibility index (Phi) is 4.01. The number of nitro benzene ring substituents is 1. The minimum atomic E-state index is -1.07. The summed E-state index contributed by atoms with van der Waals surface area (Å²) in [4.78, 5) is 35.6. The smallest absolute Gasteiger partial charge is 0.460 e. The number of ketones is 1. The number of carbonyl (C=O) groups excluding carboxylic acids is 2. The van der Waals surface area contributed by atoms with E-state index in [1.165, 1.54) is 18.2 Å². The number of benzene rings is 1. The van der Waals surface area contributed by atoms with Crippen LogP contribution >= 0.6 is 0 Å². The number of methoxy groups -OCH3 is 1. The Morgan fingerprint density at radius 2 is 2.11 bits per heavy atom. The van der Waals surface area contributed by atoms with Crippen LogP contribution in [0.15, 0.2) is 24.3 Å². The second-order valence-electron chi connectivity index (χ2n) is 3.09. The van der Waals surface area contributed by atoms with Crippen molar-refractivity contribution in [1.82, 2.24) is 0 Å². The summed E-state index contributed by atoms with van der Waals surface area (Å²) in [7, 11) is 1.04. The standard InChI is InChI=1S/C10H8N3O5/c1-18-10(15)8(12-11)9(14)6-3-2-4-7(5-6)13(16)17/h2-5,11H,1H3/q+1. The largest absolute Gasteiger partial charge is 0.495 e. The fraction of sp³-hybridized carbons (Fsp3) is 0.100. The van der Waals surface area contributed by atoms with Gasteiger partial charge in [0, 0.05) is 17.7 Å². The molecule has 1 aromatic carbocycles. The molecule has 0 radical (unpaired) electrons. The van der Waals surface area contributed by atoms with Crippen molar-refractivity contribution in [3.05, 3.63) is 39.9 Å². The molecule has 0 saturated carbocycles. The summed E-state index contributed by atoms with van der Waals surface area (Å²) in [6.07, 6.45) is 0. The van der Waals surface area contributed by atoms with Gasteiger partial charge < -0.3 is 4.74 Å². The van der Waals surface area contributed by atoms with Gasteiger partial charge in [0.05, 0.1) is 22.4 Å². The minimum Gasteiger partial charge on any atom is -0.460 e. The van der Waals surface area contributed by atoms with Crippen LogP contribution in [0.5, 0.6) is 0 Å². The van der Waals surface area contributed by atoms with Gasteiger partial charge in [-0.15, -0.1) is 0 Å². The average molecular weight is 250 g/mol. The number of ether oxygens (including phenoxy) is 1. The molecule has 8 nitrogen and oxygen atoms in total. The molecule has 8 heteroatoms. The van der Waals surface area contributed by atoms with Gasteiger partial charge in [-0.05, 0) is 0 Å². The van der Waals surface area contributed by atoms with Gasteiger partial charge in [-0.2, -0.15) is 0 Å². The third kappa shape index (κ3) is 2.63. The summed E-state index contributed by atoms with van der Waals surface area (Å²) in [5.41, 5.74) is 5.60. The average Bonchev–Trinajstić information content (AvgIpc) is 2.39. The van der Waals surface area contributed by atoms with Gasteiger partial charge >= 0.3 is 11.7 Å². The van der Waals surface area contributed by atoms with Gasteiger partial charge in [-0.25, -0.2) is 4.79 Å². The van der Waals surface area contributed by atoms with E-state index < -0.39 is 22.4 Å². The Hall–Kier alpha value is -2.86. The van der Waals surface area contributed by atoms with Crippen LogP contribution in [0, 0.1) is 15.6 Å². The number of esters is 1. The third-order valence-electron chi connectivity index (χ3n) is 2.02. The maximum Gasteiger partial charge on any atom is 0.495 e. The molecule has 0 aromatic heterocycles. The van der Waals surface area contributed by atoms with E-state index in [1.54, 1.807) is 0 Å². The van der Waals surface area contributed by atoms with Crippen molar-refractivity contribution in [3.8, 4) is 0 Å². The molecule has 0 bridgehead atoms. The molecule has 0 unspecified atom stereocenters. The number of hydrogen-bond donors (Lipinski definition) is 1. The Balaban J connectivity index is 3.18. The summed E-state index contributed by atoms with van der Waals surface area (Å²) in [5.74, 6) is -1.97. The highest BCUT2D eigenvalue weighted by atomic mass is 16.6. The zero-order valence-electron chi connectivity index (χ0n) is 9.25. The Labute approximate surface area is 101 Å². The molecule has 0 spiro atoms. The quantitative estimate of drug-likeness (QED) is 0.123. The van der Waals surface area contributed by atoms with Gasteiger partial charge in [0.15, 0.2) is 0 Å². The summed E-state index contributed by atoms with van der Waals surface area (Å²) >= 11 is 0. The van der Waals surface area contributed by atoms with Gasteiger partial charge in [-0.3, -0.25) is 14.9 Å². The molecule has 1 aromatic rings. The highest BCUT2D eigenvalue weighted by Crippen LogP contribution is 2.13. The molecular formula is C10H8N3O5+. The number of nitrogens with zero attached hydrogens (tertiary/aromatic N) is 2. The first-order valence-corrected chi connectivity index (χ1v) is 4.63. The van der Waals surface area contributed by atoms with E-state index in [1.807, 2.05) is 0 Å². The zero-order chi connectivity index (χ0) is 13.7. The highest BCUT2D eigenvalue weighted by molar-refractivity contribution is 6.65. The molecule has 0 heterocycles. The van der Waals surface area contributed by atoms with Crippen LogP contribution in [0.25, 0.3) is 0 Å². The molecule has 0 amide bonds. The maximum atomic E-state index is 11.8. The van der Waals surface area contributed by atoms with Gasteiger partial charge in [0.2, 0.25) is 0 Å². The predicted molar refractivity (Wildman–Crippen MR) is 57.4 cm³/mol. The van der Waals surface area contributed by atoms with Crippen LogP contribution in [0.1, 0.15) is 10.4 Å². The summed E-state index contributed by atoms with van der Waals surface area (Å²) in [5, 5.41) is 10.5. The van der Waals surface area contributed by atoms with Gasteiger partial charge in [-0.1, -0.05) is 12.1 Å². The van der Waals surface area contributed by atoms with E-state index in [2.05, 4.69) is 9.53 Å². The normalized spacial score (nSPS) is 9.17. The van der Waals surface area contributed by atoms with Crippen LogP contribution in [0.4, 0.5) is 5.69 Å². The third-order valence-corrected chi connectivity index (χ3v) is 2.02. The van der Waals surface area contributed by atoms with Crippen LogP contribution in [0.2, 0.25) is 0 Å². The molecule has 0 saturated heterocycles. The lowest BCUT2D eigenvalue weighted by Gasteiger charge is -1.95. The van der Waals surface area contributed by atoms with E-state index in [9.17, 15) is 19.7 Å². The number of Topliss-reactive ketones (excluding diaryl/α,β-unsaturated/α-hetero) is 1. The number of rotatable bonds is 4.